The number of ether oxygens (including phenoxy) is 4. The molecule has 53 heavy (non-hydrogen) atoms. The van der Waals surface area contributed by atoms with E-state index in [-0.39, 0.29) is 36.0 Å². The van der Waals surface area contributed by atoms with E-state index in [0.29, 0.717) is 59.9 Å². The number of carbonyl (C=O) groups excluding carboxylic acids is 2. The number of allylic oxidation sites excluding steroid dienone is 2. The van der Waals surface area contributed by atoms with E-state index < -0.39 is 11.9 Å². The molecule has 13 heteroatoms. The van der Waals surface area contributed by atoms with Gasteiger partial charge in [0.25, 0.3) is 0 Å². The molecule has 2 aliphatic carbocycles. The Hall–Kier alpha value is -5.56. The third-order valence-corrected chi connectivity index (χ3v) is 10.0. The minimum Gasteiger partial charge on any atom is -0.493 e. The van der Waals surface area contributed by atoms with E-state index in [1.54, 1.807) is 25.3 Å². The zero-order valence-corrected chi connectivity index (χ0v) is 30.0. The molecule has 1 aliphatic heterocycles. The van der Waals surface area contributed by atoms with Crippen LogP contribution in [0.15, 0.2) is 103 Å². The van der Waals surface area contributed by atoms with Gasteiger partial charge in [-0.25, -0.2) is 19.2 Å². The molecule has 0 bridgehead atoms. The van der Waals surface area contributed by atoms with Crippen LogP contribution in [-0.2, 0) is 22.6 Å². The molecule has 3 aliphatic rings. The molecule has 1 aromatic heterocycles. The number of methoxy groups -OCH3 is 1. The van der Waals surface area contributed by atoms with Crippen LogP contribution in [0, 0.1) is 17.8 Å². The maximum atomic E-state index is 16.4. The van der Waals surface area contributed by atoms with Gasteiger partial charge in [-0.05, 0) is 72.2 Å². The SMILES string of the molecule is COc1cc2c(OC3C=CC=CC3(F)NC(=S)NC(=O)Cc3ccccc3)ncnc2cc1OCC1CC2CN(C(=O)OCc3ccccc3)CC2C1. The highest BCUT2D eigenvalue weighted by atomic mass is 32.1. The first kappa shape index (κ1) is 35.8. The predicted molar refractivity (Wildman–Crippen MR) is 200 cm³/mol. The molecule has 2 fully saturated rings. The Kier molecular flexibility index (Phi) is 10.8. The number of halogens is 1. The van der Waals surface area contributed by atoms with Crippen LogP contribution < -0.4 is 24.8 Å². The van der Waals surface area contributed by atoms with Crippen LogP contribution in [0.4, 0.5) is 9.18 Å². The van der Waals surface area contributed by atoms with Gasteiger partial charge in [-0.2, -0.15) is 0 Å². The van der Waals surface area contributed by atoms with Crippen molar-refractivity contribution in [1.82, 2.24) is 25.5 Å². The van der Waals surface area contributed by atoms with Crippen molar-refractivity contribution in [3.8, 4) is 17.4 Å². The third kappa shape index (κ3) is 8.57. The molecular weight excluding hydrogens is 698 g/mol. The summed E-state index contributed by atoms with van der Waals surface area (Å²) in [5.74, 6) is -0.448. The van der Waals surface area contributed by atoms with E-state index in [0.717, 1.165) is 24.0 Å². The molecule has 4 atom stereocenters. The van der Waals surface area contributed by atoms with Crippen molar-refractivity contribution in [2.45, 2.75) is 37.8 Å². The predicted octanol–water partition coefficient (Wildman–Crippen LogP) is 6.08. The van der Waals surface area contributed by atoms with Gasteiger partial charge >= 0.3 is 6.09 Å². The van der Waals surface area contributed by atoms with Crippen LogP contribution >= 0.6 is 12.2 Å². The maximum absolute atomic E-state index is 16.4. The first-order valence-electron chi connectivity index (χ1n) is 17.5. The second kappa shape index (κ2) is 16.0. The van der Waals surface area contributed by atoms with E-state index in [9.17, 15) is 9.59 Å². The zero-order chi connectivity index (χ0) is 36.8. The number of benzene rings is 3. The second-order valence-electron chi connectivity index (χ2n) is 13.5. The fraction of sp³-hybridized carbons (Fsp3) is 0.325. The number of hydrogen-bond acceptors (Lipinski definition) is 9. The molecular formula is C40H40FN5O6S. The summed E-state index contributed by atoms with van der Waals surface area (Å²) < 4.78 is 40.1. The van der Waals surface area contributed by atoms with Gasteiger partial charge in [0, 0.05) is 19.2 Å². The maximum Gasteiger partial charge on any atom is 0.410 e. The van der Waals surface area contributed by atoms with Crippen molar-refractivity contribution >= 4 is 40.2 Å². The molecule has 1 saturated heterocycles. The molecule has 4 unspecified atom stereocenters. The van der Waals surface area contributed by atoms with E-state index >= 15 is 4.39 Å². The van der Waals surface area contributed by atoms with Crippen molar-refractivity contribution in [2.75, 3.05) is 26.8 Å². The average Bonchev–Trinajstić information content (AvgIpc) is 3.74. The van der Waals surface area contributed by atoms with Crippen LogP contribution in [0.2, 0.25) is 0 Å². The fourth-order valence-electron chi connectivity index (χ4n) is 7.25. The van der Waals surface area contributed by atoms with Gasteiger partial charge in [-0.3, -0.25) is 4.79 Å². The smallest absolute Gasteiger partial charge is 0.410 e. The highest BCUT2D eigenvalue weighted by molar-refractivity contribution is 7.80. The Morgan fingerprint density at radius 2 is 1.68 bits per heavy atom. The van der Waals surface area contributed by atoms with Crippen molar-refractivity contribution in [3.63, 3.8) is 0 Å². The number of carbonyl (C=O) groups is 2. The average molecular weight is 738 g/mol. The van der Waals surface area contributed by atoms with Gasteiger partial charge in [-0.1, -0.05) is 72.8 Å². The number of alkyl halides is 1. The lowest BCUT2D eigenvalue weighted by Crippen LogP contribution is -2.57. The summed E-state index contributed by atoms with van der Waals surface area (Å²) in [5.41, 5.74) is 2.29. The minimum absolute atomic E-state index is 0.0897. The zero-order valence-electron chi connectivity index (χ0n) is 29.2. The molecule has 7 rings (SSSR count). The standard InChI is InChI=1S/C40H40FN5O6S/c1-49-33-19-31-32(20-34(33)50-24-28-16-29-21-46(22-30(29)17-28)39(48)51-23-27-12-6-3-7-13-27)42-25-43-37(31)52-35-14-8-9-15-40(35,41)45-38(53)44-36(47)18-26-10-4-2-5-11-26/h2-15,19-20,25,28-30,35H,16-18,21-24H2,1H3,(H2,44,45,47,53). The van der Waals surface area contributed by atoms with E-state index in [1.165, 1.54) is 24.6 Å². The Labute approximate surface area is 312 Å². The molecule has 274 valence electrons. The second-order valence-corrected chi connectivity index (χ2v) is 13.9. The third-order valence-electron chi connectivity index (χ3n) is 9.82. The number of likely N-dealkylation sites (tertiary alicyclic amines) is 1. The summed E-state index contributed by atoms with van der Waals surface area (Å²) in [6.07, 6.45) is 7.86. The van der Waals surface area contributed by atoms with Gasteiger partial charge in [0.15, 0.2) is 22.7 Å². The molecule has 2 N–H and O–H groups in total. The van der Waals surface area contributed by atoms with Crippen LogP contribution in [0.3, 0.4) is 0 Å². The Balaban J connectivity index is 0.951. The number of thiocarbonyl (C=S) groups is 1. The van der Waals surface area contributed by atoms with Crippen molar-refractivity contribution < 1.29 is 32.9 Å². The molecule has 3 aromatic carbocycles. The normalized spacial score (nSPS) is 22.9. The summed E-state index contributed by atoms with van der Waals surface area (Å²) in [4.78, 5) is 35.8. The number of aromatic nitrogens is 2. The van der Waals surface area contributed by atoms with Crippen molar-refractivity contribution in [1.29, 1.82) is 0 Å². The van der Waals surface area contributed by atoms with Gasteiger partial charge in [0.2, 0.25) is 17.6 Å². The summed E-state index contributed by atoms with van der Waals surface area (Å²) >= 11 is 5.30. The highest BCUT2D eigenvalue weighted by Gasteiger charge is 2.43. The minimum atomic E-state index is -2.30. The Morgan fingerprint density at radius 1 is 0.962 bits per heavy atom. The lowest BCUT2D eigenvalue weighted by molar-refractivity contribution is -0.119. The Morgan fingerprint density at radius 3 is 2.40 bits per heavy atom. The molecule has 0 spiro atoms. The van der Waals surface area contributed by atoms with Gasteiger partial charge in [0.1, 0.15) is 12.9 Å². The molecule has 2 heterocycles. The first-order valence-corrected chi connectivity index (χ1v) is 18.0. The highest BCUT2D eigenvalue weighted by Crippen LogP contribution is 2.43. The van der Waals surface area contributed by atoms with Crippen LogP contribution in [0.5, 0.6) is 17.4 Å². The van der Waals surface area contributed by atoms with Crippen LogP contribution in [0.25, 0.3) is 10.9 Å². The topological polar surface area (TPSA) is 124 Å². The molecule has 1 saturated carbocycles. The number of fused-ring (bicyclic) bond motifs is 2. The van der Waals surface area contributed by atoms with E-state index in [1.807, 2.05) is 65.6 Å². The van der Waals surface area contributed by atoms with Gasteiger partial charge in [-0.15, -0.1) is 0 Å². The number of hydrogen-bond donors (Lipinski definition) is 2. The first-order chi connectivity index (χ1) is 25.8. The molecule has 4 aromatic rings. The van der Waals surface area contributed by atoms with Crippen LogP contribution in [-0.4, -0.2) is 70.7 Å². The largest absolute Gasteiger partial charge is 0.493 e. The summed E-state index contributed by atoms with van der Waals surface area (Å²) in [5, 5.41) is 5.46. The number of nitrogens with zero attached hydrogens (tertiary/aromatic N) is 3. The summed E-state index contributed by atoms with van der Waals surface area (Å²) in [7, 11) is 1.54. The van der Waals surface area contributed by atoms with E-state index in [2.05, 4.69) is 20.6 Å². The molecule has 11 nitrogen and oxygen atoms in total. The monoisotopic (exact) mass is 737 g/mol. The number of nitrogens with one attached hydrogen (secondary N) is 2. The fourth-order valence-corrected chi connectivity index (χ4v) is 7.52. The van der Waals surface area contributed by atoms with Crippen molar-refractivity contribution in [2.24, 2.45) is 17.8 Å². The van der Waals surface area contributed by atoms with Gasteiger partial charge < -0.3 is 34.5 Å². The van der Waals surface area contributed by atoms with Crippen LogP contribution in [0.1, 0.15) is 24.0 Å². The molecule has 0 radical (unpaired) electrons. The van der Waals surface area contributed by atoms with Crippen molar-refractivity contribution in [3.05, 3.63) is 115 Å². The Bertz CT molecular complexity index is 2000. The lowest BCUT2D eigenvalue weighted by Gasteiger charge is -2.32. The number of rotatable bonds is 11. The molecule has 2 amide bonds. The van der Waals surface area contributed by atoms with Gasteiger partial charge in [0.05, 0.1) is 31.0 Å². The summed E-state index contributed by atoms with van der Waals surface area (Å²) in [6, 6.07) is 22.3. The number of amides is 2. The van der Waals surface area contributed by atoms with E-state index in [4.69, 9.17) is 31.2 Å². The summed E-state index contributed by atoms with van der Waals surface area (Å²) in [6.45, 7) is 2.12. The quantitative estimate of drug-likeness (QED) is 0.138. The lowest BCUT2D eigenvalue weighted by atomic mass is 10.0.